The van der Waals surface area contributed by atoms with Crippen LogP contribution in [-0.2, 0) is 16.1 Å². The Morgan fingerprint density at radius 3 is 2.96 bits per heavy atom. The lowest BCUT2D eigenvalue weighted by molar-refractivity contribution is -0.132. The Hall–Kier alpha value is -2.26. The van der Waals surface area contributed by atoms with Crippen molar-refractivity contribution in [1.29, 1.82) is 0 Å². The zero-order valence-electron chi connectivity index (χ0n) is 15.9. The molecule has 28 heavy (non-hydrogen) atoms. The van der Waals surface area contributed by atoms with Crippen molar-refractivity contribution in [2.75, 3.05) is 38.3 Å². The number of nitrogens with two attached hydrogens (primary N) is 1. The second-order valence-electron chi connectivity index (χ2n) is 7.57. The summed E-state index contributed by atoms with van der Waals surface area (Å²) < 4.78 is 34.8. The van der Waals surface area contributed by atoms with E-state index in [0.717, 1.165) is 6.42 Å². The second kappa shape index (κ2) is 7.63. The van der Waals surface area contributed by atoms with Crippen LogP contribution in [0.3, 0.4) is 0 Å². The number of hydrogen-bond acceptors (Lipinski definition) is 5. The summed E-state index contributed by atoms with van der Waals surface area (Å²) in [5.74, 6) is 0.0155. The summed E-state index contributed by atoms with van der Waals surface area (Å²) in [5.41, 5.74) is 7.03. The van der Waals surface area contributed by atoms with Gasteiger partial charge in [-0.25, -0.2) is 13.8 Å². The van der Waals surface area contributed by atoms with Crippen LogP contribution < -0.4 is 10.6 Å². The van der Waals surface area contributed by atoms with Crippen LogP contribution in [0.15, 0.2) is 18.2 Å². The van der Waals surface area contributed by atoms with Crippen LogP contribution in [0.25, 0.3) is 11.0 Å². The van der Waals surface area contributed by atoms with E-state index in [1.54, 1.807) is 22.6 Å². The highest BCUT2D eigenvalue weighted by atomic mass is 19.1. The highest BCUT2D eigenvalue weighted by Gasteiger charge is 2.31. The van der Waals surface area contributed by atoms with Crippen molar-refractivity contribution in [3.05, 3.63) is 24.0 Å². The van der Waals surface area contributed by atoms with Gasteiger partial charge in [0.15, 0.2) is 0 Å². The number of likely N-dealkylation sites (N-methyl/N-ethyl adjacent to an activating group) is 1. The number of hydrogen-bond donors (Lipinski definition) is 1. The summed E-state index contributed by atoms with van der Waals surface area (Å²) >= 11 is 0. The summed E-state index contributed by atoms with van der Waals surface area (Å²) in [7, 11) is 1.76. The number of imidazole rings is 1. The Morgan fingerprint density at radius 1 is 1.43 bits per heavy atom. The lowest BCUT2D eigenvalue weighted by Gasteiger charge is -2.34. The number of rotatable bonds is 4. The van der Waals surface area contributed by atoms with E-state index in [-0.39, 0.29) is 18.5 Å². The van der Waals surface area contributed by atoms with Crippen molar-refractivity contribution in [3.63, 3.8) is 0 Å². The highest BCUT2D eigenvalue weighted by Crippen LogP contribution is 2.27. The lowest BCUT2D eigenvalue weighted by Crippen LogP contribution is -2.50. The van der Waals surface area contributed by atoms with Crippen LogP contribution in [-0.4, -0.2) is 72.0 Å². The van der Waals surface area contributed by atoms with E-state index in [4.69, 9.17) is 10.5 Å². The molecule has 1 aromatic heterocycles. The number of halogens is 2. The molecule has 7 nitrogen and oxygen atoms in total. The molecule has 2 aliphatic heterocycles. The van der Waals surface area contributed by atoms with Crippen molar-refractivity contribution in [1.82, 2.24) is 14.5 Å². The molecule has 2 N–H and O–H groups in total. The number of benzene rings is 1. The average molecular weight is 393 g/mol. The molecule has 2 saturated heterocycles. The van der Waals surface area contributed by atoms with Gasteiger partial charge in [0.05, 0.1) is 29.7 Å². The molecule has 1 aromatic carbocycles. The average Bonchev–Trinajstić information content (AvgIpc) is 3.32. The molecule has 4 rings (SSSR count). The molecular formula is C19H25F2N5O2. The van der Waals surface area contributed by atoms with Gasteiger partial charge < -0.3 is 24.8 Å². The van der Waals surface area contributed by atoms with Crippen LogP contribution in [0.5, 0.6) is 0 Å². The second-order valence-corrected chi connectivity index (χ2v) is 7.57. The molecule has 3 atom stereocenters. The van der Waals surface area contributed by atoms with Crippen molar-refractivity contribution in [2.45, 2.75) is 37.6 Å². The third-order valence-corrected chi connectivity index (χ3v) is 5.68. The van der Waals surface area contributed by atoms with Gasteiger partial charge in [-0.15, -0.1) is 0 Å². The Morgan fingerprint density at radius 2 is 2.25 bits per heavy atom. The fraction of sp³-hybridized carbons (Fsp3) is 0.579. The third kappa shape index (κ3) is 3.56. The van der Waals surface area contributed by atoms with Gasteiger partial charge in [-0.05, 0) is 31.0 Å². The van der Waals surface area contributed by atoms with Gasteiger partial charge in [-0.1, -0.05) is 0 Å². The highest BCUT2D eigenvalue weighted by molar-refractivity contribution is 5.83. The van der Waals surface area contributed by atoms with Crippen molar-refractivity contribution >= 4 is 22.9 Å². The quantitative estimate of drug-likeness (QED) is 0.847. The van der Waals surface area contributed by atoms with Crippen LogP contribution >= 0.6 is 0 Å². The fourth-order valence-electron chi connectivity index (χ4n) is 3.89. The predicted molar refractivity (Wildman–Crippen MR) is 101 cm³/mol. The molecular weight excluding hydrogens is 368 g/mol. The van der Waals surface area contributed by atoms with Gasteiger partial charge >= 0.3 is 0 Å². The van der Waals surface area contributed by atoms with Crippen LogP contribution in [0.1, 0.15) is 12.8 Å². The van der Waals surface area contributed by atoms with Crippen molar-refractivity contribution in [2.24, 2.45) is 5.73 Å². The maximum Gasteiger partial charge on any atom is 0.242 e. The molecule has 0 bridgehead atoms. The first-order valence-electron chi connectivity index (χ1n) is 9.58. The first kappa shape index (κ1) is 19.1. The standard InChI is InChI=1S/C19H25F2N5O2/c1-24(13-5-7-28-11-13)18(27)10-26-17-8-12(20)2-3-16(17)23-19(26)25-6-4-14(21)15(22)9-25/h2-3,8,13-15H,4-7,9-11,22H2,1H3/t13-,14-,15-/m1/s1. The van der Waals surface area contributed by atoms with Gasteiger partial charge in [0.1, 0.15) is 18.5 Å². The largest absolute Gasteiger partial charge is 0.379 e. The van der Waals surface area contributed by atoms with Crippen LogP contribution in [0.4, 0.5) is 14.7 Å². The summed E-state index contributed by atoms with van der Waals surface area (Å²) in [6.45, 7) is 1.93. The zero-order chi connectivity index (χ0) is 19.8. The number of aromatic nitrogens is 2. The molecule has 1 amide bonds. The normalized spacial score (nSPS) is 25.4. The smallest absolute Gasteiger partial charge is 0.242 e. The minimum absolute atomic E-state index is 0.0209. The van der Waals surface area contributed by atoms with Gasteiger partial charge in [0.25, 0.3) is 0 Å². The van der Waals surface area contributed by atoms with Gasteiger partial charge in [-0.3, -0.25) is 4.79 Å². The third-order valence-electron chi connectivity index (χ3n) is 5.68. The SMILES string of the molecule is CN(C(=O)Cn1c(N2CC[C@@H](F)[C@H](N)C2)nc2ccc(F)cc21)[C@@H]1CCOC1. The maximum absolute atomic E-state index is 13.9. The van der Waals surface area contributed by atoms with Crippen molar-refractivity contribution < 1.29 is 18.3 Å². The molecule has 0 spiro atoms. The lowest BCUT2D eigenvalue weighted by atomic mass is 10.1. The molecule has 9 heteroatoms. The topological polar surface area (TPSA) is 76.6 Å². The monoisotopic (exact) mass is 393 g/mol. The summed E-state index contributed by atoms with van der Waals surface area (Å²) in [4.78, 5) is 21.1. The summed E-state index contributed by atoms with van der Waals surface area (Å²) in [5, 5.41) is 0. The van der Waals surface area contributed by atoms with Gasteiger partial charge in [0.2, 0.25) is 11.9 Å². The molecule has 0 radical (unpaired) electrons. The fourth-order valence-corrected chi connectivity index (χ4v) is 3.89. The molecule has 0 aliphatic carbocycles. The van der Waals surface area contributed by atoms with Gasteiger partial charge in [0, 0.05) is 26.7 Å². The predicted octanol–water partition coefficient (Wildman–Crippen LogP) is 1.30. The molecule has 0 unspecified atom stereocenters. The van der Waals surface area contributed by atoms with Gasteiger partial charge in [-0.2, -0.15) is 0 Å². The summed E-state index contributed by atoms with van der Waals surface area (Å²) in [6.07, 6.45) is 0.0425. The number of amides is 1. The number of ether oxygens (including phenoxy) is 1. The van der Waals surface area contributed by atoms with E-state index in [9.17, 15) is 13.6 Å². The van der Waals surface area contributed by atoms with E-state index >= 15 is 0 Å². The number of carbonyl (C=O) groups is 1. The zero-order valence-corrected chi connectivity index (χ0v) is 15.9. The number of piperidine rings is 1. The first-order chi connectivity index (χ1) is 13.4. The first-order valence-corrected chi connectivity index (χ1v) is 9.58. The molecule has 2 fully saturated rings. The molecule has 2 aliphatic rings. The van der Waals surface area contributed by atoms with E-state index in [2.05, 4.69) is 4.98 Å². The molecule has 152 valence electrons. The van der Waals surface area contributed by atoms with E-state index in [1.807, 2.05) is 4.90 Å². The van der Waals surface area contributed by atoms with Crippen LogP contribution in [0, 0.1) is 5.82 Å². The number of carbonyl (C=O) groups excluding carboxylic acids is 1. The van der Waals surface area contributed by atoms with E-state index in [1.165, 1.54) is 12.1 Å². The molecule has 0 saturated carbocycles. The minimum Gasteiger partial charge on any atom is -0.379 e. The van der Waals surface area contributed by atoms with E-state index < -0.39 is 18.0 Å². The number of nitrogens with zero attached hydrogens (tertiary/aromatic N) is 4. The number of anilines is 1. The maximum atomic E-state index is 13.9. The Kier molecular flexibility index (Phi) is 5.20. The number of alkyl halides is 1. The summed E-state index contributed by atoms with van der Waals surface area (Å²) in [6, 6.07) is 3.73. The van der Waals surface area contributed by atoms with Crippen LogP contribution in [0.2, 0.25) is 0 Å². The molecule has 2 aromatic rings. The van der Waals surface area contributed by atoms with Crippen molar-refractivity contribution in [3.8, 4) is 0 Å². The van der Waals surface area contributed by atoms with E-state index in [0.29, 0.717) is 49.7 Å². The Bertz CT molecular complexity index is 867. The Balaban J connectivity index is 1.66. The molecule has 3 heterocycles. The Labute approximate surface area is 162 Å². The minimum atomic E-state index is -1.05. The number of fused-ring (bicyclic) bond motifs is 1.